The van der Waals surface area contributed by atoms with Crippen molar-refractivity contribution in [1.82, 2.24) is 10.6 Å². The molecule has 2 aromatic rings. The van der Waals surface area contributed by atoms with E-state index in [4.69, 9.17) is 4.74 Å². The van der Waals surface area contributed by atoms with Crippen molar-refractivity contribution in [3.05, 3.63) is 71.3 Å². The van der Waals surface area contributed by atoms with Gasteiger partial charge in [-0.2, -0.15) is 0 Å². The molecular formula is C21H30IN3O. The monoisotopic (exact) mass is 467 g/mol. The van der Waals surface area contributed by atoms with E-state index in [0.717, 1.165) is 12.5 Å². The molecule has 0 fully saturated rings. The fraction of sp³-hybridized carbons (Fsp3) is 0.381. The van der Waals surface area contributed by atoms with Crippen LogP contribution in [0.4, 0.5) is 0 Å². The van der Waals surface area contributed by atoms with Crippen molar-refractivity contribution in [2.24, 2.45) is 4.99 Å². The predicted octanol–water partition coefficient (Wildman–Crippen LogP) is 4.48. The molecule has 0 unspecified atom stereocenters. The highest BCUT2D eigenvalue weighted by molar-refractivity contribution is 14.0. The molecule has 0 saturated heterocycles. The highest BCUT2D eigenvalue weighted by atomic mass is 127. The maximum Gasteiger partial charge on any atom is 0.191 e. The molecule has 2 N–H and O–H groups in total. The van der Waals surface area contributed by atoms with E-state index in [9.17, 15) is 0 Å². The fourth-order valence-electron chi connectivity index (χ4n) is 2.44. The number of nitrogens with one attached hydrogen (secondary N) is 2. The number of ether oxygens (including phenoxy) is 1. The van der Waals surface area contributed by atoms with Gasteiger partial charge < -0.3 is 15.4 Å². The summed E-state index contributed by atoms with van der Waals surface area (Å²) in [6.45, 7) is 9.03. The molecule has 142 valence electrons. The number of nitrogens with zero attached hydrogens (tertiary/aromatic N) is 1. The van der Waals surface area contributed by atoms with E-state index >= 15 is 0 Å². The molecule has 0 heterocycles. The number of benzene rings is 2. The first-order valence-corrected chi connectivity index (χ1v) is 8.91. The van der Waals surface area contributed by atoms with Crippen LogP contribution in [0.1, 0.15) is 37.5 Å². The van der Waals surface area contributed by atoms with Crippen LogP contribution in [0, 0.1) is 0 Å². The predicted molar refractivity (Wildman–Crippen MR) is 120 cm³/mol. The Hall–Kier alpha value is -1.60. The molecule has 26 heavy (non-hydrogen) atoms. The maximum atomic E-state index is 5.82. The Morgan fingerprint density at radius 1 is 0.962 bits per heavy atom. The third-order valence-corrected chi connectivity index (χ3v) is 3.56. The van der Waals surface area contributed by atoms with Gasteiger partial charge >= 0.3 is 0 Å². The van der Waals surface area contributed by atoms with Gasteiger partial charge in [0, 0.05) is 12.6 Å². The van der Waals surface area contributed by atoms with Crippen LogP contribution < -0.4 is 10.6 Å². The Bertz CT molecular complexity index is 659. The normalized spacial score (nSPS) is 11.2. The lowest BCUT2D eigenvalue weighted by atomic mass is 10.1. The van der Waals surface area contributed by atoms with Crippen LogP contribution in [0.5, 0.6) is 0 Å². The van der Waals surface area contributed by atoms with Crippen LogP contribution in [0.2, 0.25) is 0 Å². The zero-order valence-electron chi connectivity index (χ0n) is 15.9. The third kappa shape index (κ3) is 8.67. The molecule has 0 atom stereocenters. The van der Waals surface area contributed by atoms with E-state index in [-0.39, 0.29) is 24.0 Å². The van der Waals surface area contributed by atoms with Gasteiger partial charge in [-0.1, -0.05) is 54.6 Å². The number of rotatable bonds is 8. The van der Waals surface area contributed by atoms with Crippen LogP contribution in [0.25, 0.3) is 0 Å². The second-order valence-corrected chi connectivity index (χ2v) is 6.29. The van der Waals surface area contributed by atoms with Crippen LogP contribution in [-0.2, 0) is 24.5 Å². The van der Waals surface area contributed by atoms with Crippen molar-refractivity contribution < 1.29 is 4.74 Å². The molecule has 2 aromatic carbocycles. The van der Waals surface area contributed by atoms with Crippen molar-refractivity contribution in [3.63, 3.8) is 0 Å². The van der Waals surface area contributed by atoms with Crippen LogP contribution >= 0.6 is 24.0 Å². The Balaban J connectivity index is 0.00000338. The minimum absolute atomic E-state index is 0. The van der Waals surface area contributed by atoms with Crippen molar-refractivity contribution in [1.29, 1.82) is 0 Å². The summed E-state index contributed by atoms with van der Waals surface area (Å²) in [4.78, 5) is 4.65. The SMILES string of the molecule is CCNC(=NCc1cccc(COCc2ccccc2)c1)NC(C)C.I. The lowest BCUT2D eigenvalue weighted by Gasteiger charge is -2.14. The minimum Gasteiger partial charge on any atom is -0.372 e. The van der Waals surface area contributed by atoms with E-state index in [1.165, 1.54) is 16.7 Å². The van der Waals surface area contributed by atoms with Crippen LogP contribution in [0.3, 0.4) is 0 Å². The van der Waals surface area contributed by atoms with Crippen molar-refractivity contribution in [2.75, 3.05) is 6.54 Å². The highest BCUT2D eigenvalue weighted by Crippen LogP contribution is 2.10. The number of guanidine groups is 1. The summed E-state index contributed by atoms with van der Waals surface area (Å²) in [5.74, 6) is 0.850. The fourth-order valence-corrected chi connectivity index (χ4v) is 2.44. The number of hydrogen-bond acceptors (Lipinski definition) is 2. The standard InChI is InChI=1S/C21H29N3O.HI/c1-4-22-21(24-17(2)3)23-14-19-11-8-12-20(13-19)16-25-15-18-9-6-5-7-10-18;/h5-13,17H,4,14-16H2,1-3H3,(H2,22,23,24);1H. The quantitative estimate of drug-likeness (QED) is 0.342. The summed E-state index contributed by atoms with van der Waals surface area (Å²) in [6, 6.07) is 19.0. The minimum atomic E-state index is 0. The highest BCUT2D eigenvalue weighted by Gasteiger charge is 2.01. The summed E-state index contributed by atoms with van der Waals surface area (Å²) in [5.41, 5.74) is 3.55. The Labute approximate surface area is 174 Å². The van der Waals surface area contributed by atoms with Gasteiger partial charge in [0.05, 0.1) is 19.8 Å². The smallest absolute Gasteiger partial charge is 0.191 e. The van der Waals surface area contributed by atoms with Crippen molar-refractivity contribution in [2.45, 2.75) is 46.6 Å². The van der Waals surface area contributed by atoms with Gasteiger partial charge in [0.2, 0.25) is 0 Å². The first-order valence-electron chi connectivity index (χ1n) is 8.91. The average molecular weight is 467 g/mol. The van der Waals surface area contributed by atoms with E-state index in [1.807, 2.05) is 18.2 Å². The summed E-state index contributed by atoms with van der Waals surface area (Å²) >= 11 is 0. The Morgan fingerprint density at radius 2 is 1.62 bits per heavy atom. The molecule has 0 aliphatic carbocycles. The molecule has 5 heteroatoms. The number of aliphatic imine (C=N–C) groups is 1. The molecule has 0 aliphatic rings. The van der Waals surface area contributed by atoms with E-state index < -0.39 is 0 Å². The van der Waals surface area contributed by atoms with E-state index in [2.05, 4.69) is 72.8 Å². The molecule has 0 aromatic heterocycles. The first kappa shape index (κ1) is 22.4. The average Bonchev–Trinajstić information content (AvgIpc) is 2.61. The molecule has 0 saturated carbocycles. The molecule has 0 bridgehead atoms. The molecule has 0 aliphatic heterocycles. The largest absolute Gasteiger partial charge is 0.372 e. The van der Waals surface area contributed by atoms with Gasteiger partial charge in [-0.05, 0) is 37.5 Å². The zero-order chi connectivity index (χ0) is 17.9. The topological polar surface area (TPSA) is 45.7 Å². The summed E-state index contributed by atoms with van der Waals surface area (Å²) in [7, 11) is 0. The zero-order valence-corrected chi connectivity index (χ0v) is 18.2. The molecular weight excluding hydrogens is 437 g/mol. The van der Waals surface area contributed by atoms with Gasteiger partial charge in [0.1, 0.15) is 0 Å². The summed E-state index contributed by atoms with van der Waals surface area (Å²) < 4.78 is 5.82. The summed E-state index contributed by atoms with van der Waals surface area (Å²) in [5, 5.41) is 6.60. The molecule has 0 amide bonds. The maximum absolute atomic E-state index is 5.82. The van der Waals surface area contributed by atoms with Crippen molar-refractivity contribution >= 4 is 29.9 Å². The van der Waals surface area contributed by atoms with Gasteiger partial charge in [0.25, 0.3) is 0 Å². The number of halogens is 1. The Kier molecular flexibility index (Phi) is 11.0. The molecule has 2 rings (SSSR count). The third-order valence-electron chi connectivity index (χ3n) is 3.56. The second kappa shape index (κ2) is 12.7. The molecule has 4 nitrogen and oxygen atoms in total. The van der Waals surface area contributed by atoms with E-state index in [1.54, 1.807) is 0 Å². The molecule has 0 spiro atoms. The van der Waals surface area contributed by atoms with Gasteiger partial charge in [-0.25, -0.2) is 4.99 Å². The van der Waals surface area contributed by atoms with Gasteiger partial charge in [-0.15, -0.1) is 24.0 Å². The molecule has 0 radical (unpaired) electrons. The summed E-state index contributed by atoms with van der Waals surface area (Å²) in [6.07, 6.45) is 0. The Morgan fingerprint density at radius 3 is 2.31 bits per heavy atom. The number of hydrogen-bond donors (Lipinski definition) is 2. The van der Waals surface area contributed by atoms with Crippen LogP contribution in [-0.4, -0.2) is 18.5 Å². The lowest BCUT2D eigenvalue weighted by Crippen LogP contribution is -2.40. The second-order valence-electron chi connectivity index (χ2n) is 6.29. The first-order chi connectivity index (χ1) is 12.2. The van der Waals surface area contributed by atoms with Gasteiger partial charge in [0.15, 0.2) is 5.96 Å². The van der Waals surface area contributed by atoms with Gasteiger partial charge in [-0.3, -0.25) is 0 Å². The van der Waals surface area contributed by atoms with Crippen LogP contribution in [0.15, 0.2) is 59.6 Å². The van der Waals surface area contributed by atoms with E-state index in [0.29, 0.717) is 25.8 Å². The lowest BCUT2D eigenvalue weighted by molar-refractivity contribution is 0.107. The van der Waals surface area contributed by atoms with Crippen molar-refractivity contribution in [3.8, 4) is 0 Å².